The van der Waals surface area contributed by atoms with Crippen molar-refractivity contribution in [1.29, 1.82) is 0 Å². The summed E-state index contributed by atoms with van der Waals surface area (Å²) in [5, 5.41) is 9.72. The van der Waals surface area contributed by atoms with Crippen LogP contribution in [0.25, 0.3) is 0 Å². The van der Waals surface area contributed by atoms with Gasteiger partial charge in [0.05, 0.1) is 15.8 Å². The number of sulfonamides is 1. The summed E-state index contributed by atoms with van der Waals surface area (Å²) in [6.45, 7) is 1.79. The Morgan fingerprint density at radius 3 is 2.65 bits per heavy atom. The summed E-state index contributed by atoms with van der Waals surface area (Å²) >= 11 is 1.35. The molecule has 0 fully saturated rings. The number of carbonyl (C=O) groups is 1. The maximum atomic E-state index is 11.9. The molecule has 3 N–H and O–H groups in total. The highest BCUT2D eigenvalue weighted by molar-refractivity contribution is 7.89. The number of nitrogens with two attached hydrogens (primary N) is 1. The van der Waals surface area contributed by atoms with E-state index in [4.69, 9.17) is 5.14 Å². The minimum absolute atomic E-state index is 0.0345. The second-order valence-corrected chi connectivity index (χ2v) is 6.80. The molecule has 0 radical (unpaired) electrons. The lowest BCUT2D eigenvalue weighted by Crippen LogP contribution is -2.26. The Bertz CT molecular complexity index is 709. The van der Waals surface area contributed by atoms with Crippen LogP contribution in [0.4, 0.5) is 0 Å². The number of benzene rings is 1. The maximum absolute atomic E-state index is 11.9. The molecule has 106 valence electrons. The molecule has 1 heterocycles. The number of amides is 1. The van der Waals surface area contributed by atoms with E-state index in [1.807, 2.05) is 5.38 Å². The lowest BCUT2D eigenvalue weighted by Gasteiger charge is -2.14. The van der Waals surface area contributed by atoms with Crippen LogP contribution in [0.15, 0.2) is 46.7 Å². The average Bonchev–Trinajstić information content (AvgIpc) is 2.91. The first-order valence-electron chi connectivity index (χ1n) is 5.85. The summed E-state index contributed by atoms with van der Waals surface area (Å²) in [4.78, 5) is 12.6. The number of hydrogen-bond acceptors (Lipinski definition) is 4. The fourth-order valence-corrected chi connectivity index (χ4v) is 2.92. The van der Waals surface area contributed by atoms with Crippen molar-refractivity contribution in [2.75, 3.05) is 0 Å². The Kier molecular flexibility index (Phi) is 4.22. The van der Waals surface area contributed by atoms with Crippen molar-refractivity contribution in [3.8, 4) is 0 Å². The molecule has 0 aliphatic heterocycles. The first kappa shape index (κ1) is 14.7. The van der Waals surface area contributed by atoms with E-state index in [0.29, 0.717) is 10.4 Å². The van der Waals surface area contributed by atoms with Crippen LogP contribution in [0, 0.1) is 0 Å². The van der Waals surface area contributed by atoms with Crippen molar-refractivity contribution in [1.82, 2.24) is 5.32 Å². The van der Waals surface area contributed by atoms with E-state index in [2.05, 4.69) is 5.32 Å². The lowest BCUT2D eigenvalue weighted by molar-refractivity contribution is 0.0944. The third kappa shape index (κ3) is 3.44. The molecule has 2 rings (SSSR count). The zero-order chi connectivity index (χ0) is 14.8. The van der Waals surface area contributed by atoms with Crippen LogP contribution in [0.1, 0.15) is 28.2 Å². The van der Waals surface area contributed by atoms with Gasteiger partial charge < -0.3 is 5.32 Å². The van der Waals surface area contributed by atoms with Gasteiger partial charge in [0.15, 0.2) is 0 Å². The van der Waals surface area contributed by atoms with Crippen LogP contribution in [-0.2, 0) is 10.0 Å². The molecule has 1 amide bonds. The molecule has 20 heavy (non-hydrogen) atoms. The molecular weight excluding hydrogens is 296 g/mol. The van der Waals surface area contributed by atoms with E-state index >= 15 is 0 Å². The molecule has 2 aromatic rings. The summed E-state index contributed by atoms with van der Waals surface area (Å²) in [7, 11) is -3.74. The van der Waals surface area contributed by atoms with Crippen LogP contribution < -0.4 is 10.5 Å². The molecule has 1 aromatic carbocycles. The van der Waals surface area contributed by atoms with E-state index in [-0.39, 0.29) is 16.8 Å². The second-order valence-electron chi connectivity index (χ2n) is 4.29. The number of nitrogens with one attached hydrogen (secondary N) is 1. The SMILES string of the molecule is CC(NC(=O)c1cccs1)c1cccc(S(N)(=O)=O)c1. The first-order valence-corrected chi connectivity index (χ1v) is 8.27. The zero-order valence-corrected chi connectivity index (χ0v) is 12.4. The minimum Gasteiger partial charge on any atom is -0.345 e. The monoisotopic (exact) mass is 310 g/mol. The van der Waals surface area contributed by atoms with Gasteiger partial charge >= 0.3 is 0 Å². The Labute approximate surface area is 121 Å². The smallest absolute Gasteiger partial charge is 0.261 e. The summed E-state index contributed by atoms with van der Waals surface area (Å²) < 4.78 is 22.6. The highest BCUT2D eigenvalue weighted by atomic mass is 32.2. The molecule has 0 saturated heterocycles. The predicted octanol–water partition coefficient (Wildman–Crippen LogP) is 1.89. The van der Waals surface area contributed by atoms with E-state index in [1.54, 1.807) is 31.2 Å². The Balaban J connectivity index is 2.18. The quantitative estimate of drug-likeness (QED) is 0.903. The third-order valence-electron chi connectivity index (χ3n) is 2.78. The van der Waals surface area contributed by atoms with Crippen molar-refractivity contribution in [2.45, 2.75) is 17.9 Å². The van der Waals surface area contributed by atoms with Crippen molar-refractivity contribution in [2.24, 2.45) is 5.14 Å². The van der Waals surface area contributed by atoms with Gasteiger partial charge in [-0.15, -0.1) is 11.3 Å². The fraction of sp³-hybridized carbons (Fsp3) is 0.154. The Hall–Kier alpha value is -1.70. The highest BCUT2D eigenvalue weighted by Gasteiger charge is 2.14. The molecule has 7 heteroatoms. The normalized spacial score (nSPS) is 12.9. The highest BCUT2D eigenvalue weighted by Crippen LogP contribution is 2.18. The van der Waals surface area contributed by atoms with Crippen LogP contribution in [-0.4, -0.2) is 14.3 Å². The first-order chi connectivity index (χ1) is 9.38. The summed E-state index contributed by atoms with van der Waals surface area (Å²) in [5.74, 6) is -0.187. The van der Waals surface area contributed by atoms with Crippen molar-refractivity contribution in [3.63, 3.8) is 0 Å². The molecule has 1 atom stereocenters. The van der Waals surface area contributed by atoms with Gasteiger partial charge in [0, 0.05) is 0 Å². The van der Waals surface area contributed by atoms with Gasteiger partial charge in [-0.05, 0) is 36.1 Å². The van der Waals surface area contributed by atoms with Gasteiger partial charge in [0.2, 0.25) is 10.0 Å². The number of rotatable bonds is 4. The van der Waals surface area contributed by atoms with Gasteiger partial charge in [-0.1, -0.05) is 18.2 Å². The van der Waals surface area contributed by atoms with Crippen LogP contribution in [0.3, 0.4) is 0 Å². The molecule has 0 spiro atoms. The van der Waals surface area contributed by atoms with Gasteiger partial charge in [0.1, 0.15) is 0 Å². The summed E-state index contributed by atoms with van der Waals surface area (Å²) in [6.07, 6.45) is 0. The number of thiophene rings is 1. The summed E-state index contributed by atoms with van der Waals surface area (Å²) in [5.41, 5.74) is 0.682. The molecule has 0 aliphatic rings. The molecular formula is C13H14N2O3S2. The van der Waals surface area contributed by atoms with Crippen molar-refractivity contribution >= 4 is 27.3 Å². The van der Waals surface area contributed by atoms with Crippen molar-refractivity contribution < 1.29 is 13.2 Å². The number of primary sulfonamides is 1. The molecule has 5 nitrogen and oxygen atoms in total. The standard InChI is InChI=1S/C13H14N2O3S2/c1-9(15-13(16)12-6-3-7-19-12)10-4-2-5-11(8-10)20(14,17)18/h2-9H,1H3,(H,15,16)(H2,14,17,18). The van der Waals surface area contributed by atoms with Crippen molar-refractivity contribution in [3.05, 3.63) is 52.2 Å². The van der Waals surface area contributed by atoms with Gasteiger partial charge in [-0.25, -0.2) is 13.6 Å². The molecule has 0 saturated carbocycles. The van der Waals surface area contributed by atoms with Crippen LogP contribution >= 0.6 is 11.3 Å². The van der Waals surface area contributed by atoms with Gasteiger partial charge in [-0.3, -0.25) is 4.79 Å². The molecule has 0 bridgehead atoms. The molecule has 1 unspecified atom stereocenters. The Morgan fingerprint density at radius 1 is 1.30 bits per heavy atom. The third-order valence-corrected chi connectivity index (χ3v) is 4.56. The van der Waals surface area contributed by atoms with Gasteiger partial charge in [0.25, 0.3) is 5.91 Å². The summed E-state index contributed by atoms with van der Waals surface area (Å²) in [6, 6.07) is 9.45. The largest absolute Gasteiger partial charge is 0.345 e. The van der Waals surface area contributed by atoms with E-state index in [1.165, 1.54) is 23.5 Å². The van der Waals surface area contributed by atoms with E-state index in [9.17, 15) is 13.2 Å². The van der Waals surface area contributed by atoms with E-state index < -0.39 is 10.0 Å². The minimum atomic E-state index is -3.74. The van der Waals surface area contributed by atoms with Crippen LogP contribution in [0.2, 0.25) is 0 Å². The van der Waals surface area contributed by atoms with E-state index in [0.717, 1.165) is 0 Å². The predicted molar refractivity (Wildman–Crippen MR) is 78.0 cm³/mol. The zero-order valence-electron chi connectivity index (χ0n) is 10.7. The van der Waals surface area contributed by atoms with Crippen LogP contribution in [0.5, 0.6) is 0 Å². The molecule has 0 aliphatic carbocycles. The van der Waals surface area contributed by atoms with Gasteiger partial charge in [-0.2, -0.15) is 0 Å². The fourth-order valence-electron chi connectivity index (χ4n) is 1.72. The number of hydrogen-bond donors (Lipinski definition) is 2. The molecule has 1 aromatic heterocycles. The number of carbonyl (C=O) groups excluding carboxylic acids is 1. The topological polar surface area (TPSA) is 89.3 Å². The lowest BCUT2D eigenvalue weighted by atomic mass is 10.1. The second kappa shape index (κ2) is 5.74. The maximum Gasteiger partial charge on any atom is 0.261 e. The average molecular weight is 310 g/mol. The Morgan fingerprint density at radius 2 is 2.05 bits per heavy atom.